The van der Waals surface area contributed by atoms with Gasteiger partial charge in [-0.2, -0.15) is 5.10 Å². The highest BCUT2D eigenvalue weighted by Crippen LogP contribution is 2.22. The molecule has 2 heterocycles. The number of imide groups is 1. The molecule has 0 spiro atoms. The molecule has 3 rings (SSSR count). The van der Waals surface area contributed by atoms with Crippen LogP contribution in [-0.2, 0) is 14.3 Å². The summed E-state index contributed by atoms with van der Waals surface area (Å²) in [5.41, 5.74) is 2.38. The molecule has 0 radical (unpaired) electrons. The smallest absolute Gasteiger partial charge is 0.259 e. The monoisotopic (exact) mass is 257 g/mol. The van der Waals surface area contributed by atoms with Gasteiger partial charge in [-0.25, -0.2) is 4.90 Å². The van der Waals surface area contributed by atoms with Gasteiger partial charge in [-0.05, 0) is 23.8 Å². The van der Waals surface area contributed by atoms with Crippen molar-refractivity contribution < 1.29 is 14.3 Å². The van der Waals surface area contributed by atoms with Crippen molar-refractivity contribution in [1.29, 1.82) is 0 Å². The number of H-pyrrole nitrogens is 1. The number of hydrogen-bond acceptors (Lipinski definition) is 4. The molecule has 0 aliphatic carbocycles. The predicted octanol–water partition coefficient (Wildman–Crippen LogP) is 0.966. The van der Waals surface area contributed by atoms with Crippen molar-refractivity contribution in [1.82, 2.24) is 10.2 Å². The molecular formula is C13H11N3O3. The predicted molar refractivity (Wildman–Crippen MR) is 67.3 cm³/mol. The summed E-state index contributed by atoms with van der Waals surface area (Å²) in [7, 11) is 0. The third kappa shape index (κ3) is 2.13. The number of benzene rings is 1. The number of ether oxygens (including phenoxy) is 1. The van der Waals surface area contributed by atoms with Crippen LogP contribution < -0.4 is 4.90 Å². The Kier molecular flexibility index (Phi) is 2.85. The van der Waals surface area contributed by atoms with E-state index in [2.05, 4.69) is 10.2 Å². The average Bonchev–Trinajstić information content (AvgIpc) is 2.93. The van der Waals surface area contributed by atoms with Gasteiger partial charge in [0.1, 0.15) is 13.2 Å². The molecule has 0 atom stereocenters. The molecule has 2 aromatic rings. The van der Waals surface area contributed by atoms with Crippen LogP contribution in [0.5, 0.6) is 0 Å². The van der Waals surface area contributed by atoms with Crippen molar-refractivity contribution in [2.75, 3.05) is 18.1 Å². The third-order valence-corrected chi connectivity index (χ3v) is 2.89. The van der Waals surface area contributed by atoms with Gasteiger partial charge in [0.05, 0.1) is 11.4 Å². The van der Waals surface area contributed by atoms with Crippen molar-refractivity contribution in [3.05, 3.63) is 36.5 Å². The maximum atomic E-state index is 11.7. The topological polar surface area (TPSA) is 75.3 Å². The molecule has 1 aromatic carbocycles. The van der Waals surface area contributed by atoms with Gasteiger partial charge in [-0.1, -0.05) is 12.1 Å². The highest BCUT2D eigenvalue weighted by Gasteiger charge is 2.27. The van der Waals surface area contributed by atoms with Crippen LogP contribution in [0, 0.1) is 0 Å². The van der Waals surface area contributed by atoms with Crippen LogP contribution in [0.4, 0.5) is 5.69 Å². The second-order valence-electron chi connectivity index (χ2n) is 4.13. The summed E-state index contributed by atoms with van der Waals surface area (Å²) in [6, 6.07) is 8.98. The van der Waals surface area contributed by atoms with E-state index < -0.39 is 0 Å². The number of morpholine rings is 1. The number of carbonyl (C=O) groups excluding carboxylic acids is 2. The molecule has 0 saturated carbocycles. The number of hydrogen-bond donors (Lipinski definition) is 1. The Morgan fingerprint density at radius 2 is 1.74 bits per heavy atom. The highest BCUT2D eigenvalue weighted by atomic mass is 16.5. The van der Waals surface area contributed by atoms with E-state index in [0.29, 0.717) is 5.69 Å². The number of rotatable bonds is 2. The first-order valence-electron chi connectivity index (χ1n) is 5.79. The molecule has 1 N–H and O–H groups in total. The molecule has 96 valence electrons. The third-order valence-electron chi connectivity index (χ3n) is 2.89. The zero-order chi connectivity index (χ0) is 13.2. The largest absolute Gasteiger partial charge is 0.362 e. The standard InChI is InChI=1S/C13H11N3O3/c17-12-7-19-8-13(18)16(12)10-3-1-9(2-4-10)11-5-6-14-15-11/h1-6H,7-8H2,(H,14,15). The number of nitrogens with one attached hydrogen (secondary N) is 1. The van der Waals surface area contributed by atoms with E-state index in [1.165, 1.54) is 0 Å². The fourth-order valence-electron chi connectivity index (χ4n) is 1.99. The summed E-state index contributed by atoms with van der Waals surface area (Å²) in [6.07, 6.45) is 1.66. The number of nitrogens with zero attached hydrogens (tertiary/aromatic N) is 2. The fraction of sp³-hybridized carbons (Fsp3) is 0.154. The van der Waals surface area contributed by atoms with Crippen molar-refractivity contribution in [2.45, 2.75) is 0 Å². The zero-order valence-corrected chi connectivity index (χ0v) is 10.00. The SMILES string of the molecule is O=C1COCC(=O)N1c1ccc(-c2ccn[nH]2)cc1. The normalized spacial score (nSPS) is 15.9. The fourth-order valence-corrected chi connectivity index (χ4v) is 1.99. The summed E-state index contributed by atoms with van der Waals surface area (Å²) in [6.45, 7) is -0.123. The van der Waals surface area contributed by atoms with Crippen LogP contribution in [0.25, 0.3) is 11.3 Å². The Hall–Kier alpha value is -2.47. The molecule has 1 fully saturated rings. The van der Waals surface area contributed by atoms with E-state index in [4.69, 9.17) is 4.74 Å². The van der Waals surface area contributed by atoms with Gasteiger partial charge in [0.2, 0.25) is 0 Å². The lowest BCUT2D eigenvalue weighted by Crippen LogP contribution is -2.46. The molecule has 1 aliphatic rings. The molecule has 0 bridgehead atoms. The summed E-state index contributed by atoms with van der Waals surface area (Å²) < 4.78 is 4.87. The lowest BCUT2D eigenvalue weighted by Gasteiger charge is -2.24. The summed E-state index contributed by atoms with van der Waals surface area (Å²) in [5, 5.41) is 6.73. The minimum absolute atomic E-state index is 0.0615. The molecule has 19 heavy (non-hydrogen) atoms. The molecular weight excluding hydrogens is 246 g/mol. The van der Waals surface area contributed by atoms with Crippen LogP contribution in [0.15, 0.2) is 36.5 Å². The van der Waals surface area contributed by atoms with E-state index in [0.717, 1.165) is 16.2 Å². The van der Waals surface area contributed by atoms with Crippen LogP contribution in [-0.4, -0.2) is 35.2 Å². The van der Waals surface area contributed by atoms with Crippen LogP contribution in [0.2, 0.25) is 0 Å². The molecule has 1 aromatic heterocycles. The molecule has 2 amide bonds. The lowest BCUT2D eigenvalue weighted by atomic mass is 10.1. The lowest BCUT2D eigenvalue weighted by molar-refractivity contribution is -0.138. The van der Waals surface area contributed by atoms with Crippen LogP contribution in [0.3, 0.4) is 0 Å². The van der Waals surface area contributed by atoms with E-state index in [1.54, 1.807) is 18.3 Å². The van der Waals surface area contributed by atoms with E-state index >= 15 is 0 Å². The van der Waals surface area contributed by atoms with Gasteiger partial charge in [-0.15, -0.1) is 0 Å². The Morgan fingerprint density at radius 3 is 2.32 bits per heavy atom. The van der Waals surface area contributed by atoms with Gasteiger partial charge in [0, 0.05) is 6.20 Å². The molecule has 6 nitrogen and oxygen atoms in total. The van der Waals surface area contributed by atoms with Crippen molar-refractivity contribution in [3.8, 4) is 11.3 Å². The van der Waals surface area contributed by atoms with E-state index in [1.807, 2.05) is 18.2 Å². The molecule has 6 heteroatoms. The molecule has 1 saturated heterocycles. The zero-order valence-electron chi connectivity index (χ0n) is 10.00. The summed E-state index contributed by atoms with van der Waals surface area (Å²) >= 11 is 0. The summed E-state index contributed by atoms with van der Waals surface area (Å²) in [5.74, 6) is -0.684. The Labute approximate surface area is 109 Å². The number of amides is 2. The van der Waals surface area contributed by atoms with E-state index in [-0.39, 0.29) is 25.0 Å². The Balaban J connectivity index is 1.90. The minimum Gasteiger partial charge on any atom is -0.362 e. The average molecular weight is 257 g/mol. The van der Waals surface area contributed by atoms with Crippen molar-refractivity contribution >= 4 is 17.5 Å². The molecule has 1 aliphatic heterocycles. The Bertz CT molecular complexity index is 589. The first-order chi connectivity index (χ1) is 9.25. The van der Waals surface area contributed by atoms with Crippen LogP contribution >= 0.6 is 0 Å². The quantitative estimate of drug-likeness (QED) is 0.813. The Morgan fingerprint density at radius 1 is 1.05 bits per heavy atom. The number of carbonyl (C=O) groups is 2. The first-order valence-corrected chi connectivity index (χ1v) is 5.79. The van der Waals surface area contributed by atoms with Gasteiger partial charge >= 0.3 is 0 Å². The second-order valence-corrected chi connectivity index (χ2v) is 4.13. The van der Waals surface area contributed by atoms with Crippen LogP contribution in [0.1, 0.15) is 0 Å². The van der Waals surface area contributed by atoms with Crippen molar-refractivity contribution in [3.63, 3.8) is 0 Å². The second kappa shape index (κ2) is 4.66. The maximum Gasteiger partial charge on any atom is 0.259 e. The number of aromatic amines is 1. The number of aromatic nitrogens is 2. The highest BCUT2D eigenvalue weighted by molar-refractivity contribution is 6.17. The van der Waals surface area contributed by atoms with Gasteiger partial charge < -0.3 is 4.74 Å². The van der Waals surface area contributed by atoms with Gasteiger partial charge in [0.15, 0.2) is 0 Å². The minimum atomic E-state index is -0.342. The number of anilines is 1. The van der Waals surface area contributed by atoms with Gasteiger partial charge in [-0.3, -0.25) is 14.7 Å². The van der Waals surface area contributed by atoms with E-state index in [9.17, 15) is 9.59 Å². The van der Waals surface area contributed by atoms with Crippen molar-refractivity contribution in [2.24, 2.45) is 0 Å². The maximum absolute atomic E-state index is 11.7. The molecule has 0 unspecified atom stereocenters. The van der Waals surface area contributed by atoms with Gasteiger partial charge in [0.25, 0.3) is 11.8 Å². The summed E-state index contributed by atoms with van der Waals surface area (Å²) in [4.78, 5) is 24.5. The first kappa shape index (κ1) is 11.6.